The summed E-state index contributed by atoms with van der Waals surface area (Å²) in [6.45, 7) is 3.81. The van der Waals surface area contributed by atoms with E-state index in [1.807, 2.05) is 4.90 Å². The van der Waals surface area contributed by atoms with E-state index in [0.717, 1.165) is 13.1 Å². The first-order chi connectivity index (χ1) is 13.1. The molecule has 27 heavy (non-hydrogen) atoms. The fourth-order valence-electron chi connectivity index (χ4n) is 3.95. The van der Waals surface area contributed by atoms with Crippen LogP contribution in [0.3, 0.4) is 0 Å². The van der Waals surface area contributed by atoms with Gasteiger partial charge in [-0.1, -0.05) is 0 Å². The summed E-state index contributed by atoms with van der Waals surface area (Å²) in [6, 6.07) is 5.23. The Bertz CT molecular complexity index is 724. The van der Waals surface area contributed by atoms with Crippen molar-refractivity contribution < 1.29 is 23.8 Å². The molecular formula is C19H25N3O5. The van der Waals surface area contributed by atoms with Crippen LogP contribution in [0.25, 0.3) is 0 Å². The first kappa shape index (κ1) is 18.1. The summed E-state index contributed by atoms with van der Waals surface area (Å²) in [5.41, 5.74) is -0.153. The van der Waals surface area contributed by atoms with E-state index < -0.39 is 5.60 Å². The van der Waals surface area contributed by atoms with Gasteiger partial charge in [0, 0.05) is 38.9 Å². The molecule has 4 rings (SSSR count). The molecule has 8 heteroatoms. The van der Waals surface area contributed by atoms with Crippen LogP contribution in [0.1, 0.15) is 23.2 Å². The molecule has 1 N–H and O–H groups in total. The van der Waals surface area contributed by atoms with Crippen LogP contribution in [0.4, 0.5) is 0 Å². The Morgan fingerprint density at radius 2 is 1.70 bits per heavy atom. The molecule has 0 aromatic heterocycles. The van der Waals surface area contributed by atoms with E-state index in [9.17, 15) is 9.59 Å². The highest BCUT2D eigenvalue weighted by Gasteiger charge is 2.43. The molecule has 3 aliphatic rings. The maximum absolute atomic E-state index is 13.0. The molecule has 2 fully saturated rings. The Hall–Kier alpha value is -2.32. The largest absolute Gasteiger partial charge is 0.454 e. The number of methoxy groups -OCH3 is 1. The van der Waals surface area contributed by atoms with Crippen LogP contribution in [0.15, 0.2) is 18.2 Å². The molecule has 0 radical (unpaired) electrons. The molecule has 0 atom stereocenters. The lowest BCUT2D eigenvalue weighted by atomic mass is 9.90. The predicted octanol–water partition coefficient (Wildman–Crippen LogP) is 0.468. The van der Waals surface area contributed by atoms with E-state index >= 15 is 0 Å². The number of amides is 2. The summed E-state index contributed by atoms with van der Waals surface area (Å²) < 4.78 is 16.3. The van der Waals surface area contributed by atoms with Crippen LogP contribution in [0.5, 0.6) is 11.5 Å². The fourth-order valence-corrected chi connectivity index (χ4v) is 3.95. The predicted molar refractivity (Wildman–Crippen MR) is 96.9 cm³/mol. The zero-order chi connectivity index (χ0) is 18.9. The molecule has 1 aromatic rings. The second-order valence-corrected chi connectivity index (χ2v) is 7.10. The zero-order valence-corrected chi connectivity index (χ0v) is 15.5. The van der Waals surface area contributed by atoms with Gasteiger partial charge in [-0.25, -0.2) is 0 Å². The summed E-state index contributed by atoms with van der Waals surface area (Å²) in [5, 5.41) is 3.27. The van der Waals surface area contributed by atoms with E-state index in [0.29, 0.717) is 56.1 Å². The average molecular weight is 375 g/mol. The normalized spacial score (nSPS) is 21.2. The van der Waals surface area contributed by atoms with E-state index in [4.69, 9.17) is 14.2 Å². The first-order valence-corrected chi connectivity index (χ1v) is 9.37. The van der Waals surface area contributed by atoms with Gasteiger partial charge in [0.15, 0.2) is 11.5 Å². The van der Waals surface area contributed by atoms with Gasteiger partial charge in [-0.15, -0.1) is 0 Å². The smallest absolute Gasteiger partial charge is 0.255 e. The van der Waals surface area contributed by atoms with E-state index in [1.54, 1.807) is 30.2 Å². The Morgan fingerprint density at radius 3 is 2.41 bits per heavy atom. The van der Waals surface area contributed by atoms with Crippen molar-refractivity contribution in [1.29, 1.82) is 0 Å². The van der Waals surface area contributed by atoms with Gasteiger partial charge < -0.3 is 29.3 Å². The molecule has 0 spiro atoms. The van der Waals surface area contributed by atoms with Crippen LogP contribution in [0, 0.1) is 0 Å². The van der Waals surface area contributed by atoms with Crippen molar-refractivity contribution in [3.8, 4) is 11.5 Å². The van der Waals surface area contributed by atoms with Crippen molar-refractivity contribution in [2.45, 2.75) is 18.4 Å². The van der Waals surface area contributed by atoms with Crippen LogP contribution in [-0.4, -0.2) is 80.4 Å². The van der Waals surface area contributed by atoms with Crippen LogP contribution in [-0.2, 0) is 9.53 Å². The minimum Gasteiger partial charge on any atom is -0.454 e. The van der Waals surface area contributed by atoms with Gasteiger partial charge in [0.25, 0.3) is 11.8 Å². The number of fused-ring (bicyclic) bond motifs is 1. The third-order valence-corrected chi connectivity index (χ3v) is 5.67. The van der Waals surface area contributed by atoms with Gasteiger partial charge in [-0.3, -0.25) is 9.59 Å². The molecule has 0 aliphatic carbocycles. The molecule has 0 bridgehead atoms. The zero-order valence-electron chi connectivity index (χ0n) is 15.5. The lowest BCUT2D eigenvalue weighted by molar-refractivity contribution is -0.159. The molecule has 3 heterocycles. The first-order valence-electron chi connectivity index (χ1n) is 9.37. The van der Waals surface area contributed by atoms with Crippen molar-refractivity contribution in [2.75, 3.05) is 53.2 Å². The topological polar surface area (TPSA) is 80.3 Å². The van der Waals surface area contributed by atoms with Gasteiger partial charge in [-0.2, -0.15) is 0 Å². The summed E-state index contributed by atoms with van der Waals surface area (Å²) in [5.74, 6) is 1.25. The van der Waals surface area contributed by atoms with Gasteiger partial charge in [-0.05, 0) is 44.1 Å². The molecule has 3 aliphatic heterocycles. The monoisotopic (exact) mass is 375 g/mol. The minimum atomic E-state index is -0.727. The number of ether oxygens (including phenoxy) is 3. The standard InChI is InChI=1S/C19H25N3O5/c1-25-19(4-6-20-7-5-19)18(24)22-10-8-21(9-11-22)17(23)14-2-3-15-16(12-14)27-13-26-15/h2-3,12,20H,4-11,13H2,1H3. The number of rotatable bonds is 3. The van der Waals surface area contributed by atoms with E-state index in [-0.39, 0.29) is 18.6 Å². The van der Waals surface area contributed by atoms with Crippen LogP contribution >= 0.6 is 0 Å². The van der Waals surface area contributed by atoms with Gasteiger partial charge >= 0.3 is 0 Å². The average Bonchev–Trinajstić information content (AvgIpc) is 3.21. The van der Waals surface area contributed by atoms with Crippen molar-refractivity contribution in [3.05, 3.63) is 23.8 Å². The molecule has 0 unspecified atom stereocenters. The second kappa shape index (κ2) is 7.36. The molecule has 2 amide bonds. The Labute approximate surface area is 158 Å². The van der Waals surface area contributed by atoms with Gasteiger partial charge in [0.2, 0.25) is 6.79 Å². The number of piperidine rings is 1. The Morgan fingerprint density at radius 1 is 1.04 bits per heavy atom. The number of carbonyl (C=O) groups is 2. The lowest BCUT2D eigenvalue weighted by Crippen LogP contribution is -2.59. The molecule has 1 aromatic carbocycles. The second-order valence-electron chi connectivity index (χ2n) is 7.10. The van der Waals surface area contributed by atoms with E-state index in [1.165, 1.54) is 0 Å². The molecule has 146 valence electrons. The summed E-state index contributed by atoms with van der Waals surface area (Å²) in [4.78, 5) is 29.4. The molecule has 2 saturated heterocycles. The number of nitrogens with one attached hydrogen (secondary N) is 1. The fraction of sp³-hybridized carbons (Fsp3) is 0.579. The minimum absolute atomic E-state index is 0.0432. The number of hydrogen-bond donors (Lipinski definition) is 1. The molecule has 0 saturated carbocycles. The van der Waals surface area contributed by atoms with Crippen molar-refractivity contribution >= 4 is 11.8 Å². The third-order valence-electron chi connectivity index (χ3n) is 5.67. The summed E-state index contributed by atoms with van der Waals surface area (Å²) in [7, 11) is 1.61. The van der Waals surface area contributed by atoms with Crippen LogP contribution in [0.2, 0.25) is 0 Å². The summed E-state index contributed by atoms with van der Waals surface area (Å²) >= 11 is 0. The quantitative estimate of drug-likeness (QED) is 0.827. The number of hydrogen-bond acceptors (Lipinski definition) is 6. The highest BCUT2D eigenvalue weighted by molar-refractivity contribution is 5.95. The maximum atomic E-state index is 13.0. The number of piperazine rings is 1. The number of nitrogens with zero attached hydrogens (tertiary/aromatic N) is 2. The Kier molecular flexibility index (Phi) is 4.92. The number of benzene rings is 1. The highest BCUT2D eigenvalue weighted by atomic mass is 16.7. The summed E-state index contributed by atoms with van der Waals surface area (Å²) in [6.07, 6.45) is 1.36. The number of carbonyl (C=O) groups excluding carboxylic acids is 2. The SMILES string of the molecule is COC1(C(=O)N2CCN(C(=O)c3ccc4c(c3)OCO4)CC2)CCNCC1. The van der Waals surface area contributed by atoms with Gasteiger partial charge in [0.05, 0.1) is 0 Å². The van der Waals surface area contributed by atoms with Crippen molar-refractivity contribution in [3.63, 3.8) is 0 Å². The maximum Gasteiger partial charge on any atom is 0.255 e. The van der Waals surface area contributed by atoms with Crippen molar-refractivity contribution in [1.82, 2.24) is 15.1 Å². The highest BCUT2D eigenvalue weighted by Crippen LogP contribution is 2.33. The lowest BCUT2D eigenvalue weighted by Gasteiger charge is -2.42. The van der Waals surface area contributed by atoms with Crippen molar-refractivity contribution in [2.24, 2.45) is 0 Å². The van der Waals surface area contributed by atoms with E-state index in [2.05, 4.69) is 5.32 Å². The Balaban J connectivity index is 1.38. The van der Waals surface area contributed by atoms with Gasteiger partial charge in [0.1, 0.15) is 5.60 Å². The molecule has 8 nitrogen and oxygen atoms in total. The third kappa shape index (κ3) is 3.35. The van der Waals surface area contributed by atoms with Crippen LogP contribution < -0.4 is 14.8 Å². The molecular weight excluding hydrogens is 350 g/mol.